The van der Waals surface area contributed by atoms with Crippen LogP contribution in [0.3, 0.4) is 0 Å². The lowest BCUT2D eigenvalue weighted by Crippen LogP contribution is -2.00. The number of benzene rings is 1. The Morgan fingerprint density at radius 1 is 1.24 bits per heavy atom. The molecule has 1 nitrogen and oxygen atoms in total. The topological polar surface area (TPSA) is 12.4 Å². The second kappa shape index (κ2) is 6.00. The first kappa shape index (κ1) is 13.2. The molecule has 0 radical (unpaired) electrons. The molecule has 0 fully saturated rings. The van der Waals surface area contributed by atoms with E-state index in [1.54, 1.807) is 0 Å². The molecule has 0 aliphatic rings. The zero-order valence-corrected chi connectivity index (χ0v) is 10.8. The van der Waals surface area contributed by atoms with Gasteiger partial charge in [-0.3, -0.25) is 0 Å². The van der Waals surface area contributed by atoms with Crippen molar-refractivity contribution in [1.29, 1.82) is 0 Å². The molecular weight excluding hydrogens is 206 g/mol. The van der Waals surface area contributed by atoms with E-state index in [0.29, 0.717) is 0 Å². The van der Waals surface area contributed by atoms with E-state index in [9.17, 15) is 0 Å². The van der Waals surface area contributed by atoms with E-state index in [-0.39, 0.29) is 0 Å². The van der Waals surface area contributed by atoms with Crippen molar-refractivity contribution >= 4 is 5.71 Å². The van der Waals surface area contributed by atoms with Gasteiger partial charge in [-0.25, -0.2) is 4.99 Å². The van der Waals surface area contributed by atoms with Gasteiger partial charge in [0.25, 0.3) is 0 Å². The summed E-state index contributed by atoms with van der Waals surface area (Å²) in [5.74, 6) is 0. The lowest BCUT2D eigenvalue weighted by molar-refractivity contribution is 1.30. The fourth-order valence-corrected chi connectivity index (χ4v) is 1.45. The smallest absolute Gasteiger partial charge is 0.0708 e. The summed E-state index contributed by atoms with van der Waals surface area (Å²) in [5.41, 5.74) is 4.88. The number of aliphatic imine (C=N–C) groups is 1. The van der Waals surface area contributed by atoms with E-state index in [1.807, 2.05) is 38.1 Å². The van der Waals surface area contributed by atoms with Gasteiger partial charge in [0.1, 0.15) is 0 Å². The third-order valence-electron chi connectivity index (χ3n) is 2.49. The molecule has 17 heavy (non-hydrogen) atoms. The molecular formula is C16H19N. The highest BCUT2D eigenvalue weighted by molar-refractivity contribution is 6.10. The molecule has 0 saturated carbocycles. The van der Waals surface area contributed by atoms with Crippen molar-refractivity contribution in [1.82, 2.24) is 0 Å². The summed E-state index contributed by atoms with van der Waals surface area (Å²) in [6, 6.07) is 8.20. The van der Waals surface area contributed by atoms with Crippen LogP contribution in [0.15, 0.2) is 65.8 Å². The van der Waals surface area contributed by atoms with E-state index in [0.717, 1.165) is 22.5 Å². The van der Waals surface area contributed by atoms with Crippen molar-refractivity contribution in [3.05, 3.63) is 72.0 Å². The van der Waals surface area contributed by atoms with Gasteiger partial charge in [-0.1, -0.05) is 43.5 Å². The molecule has 0 heterocycles. The second-order valence-electron chi connectivity index (χ2n) is 4.04. The van der Waals surface area contributed by atoms with Crippen molar-refractivity contribution < 1.29 is 0 Å². The van der Waals surface area contributed by atoms with Crippen LogP contribution in [0.5, 0.6) is 0 Å². The first-order chi connectivity index (χ1) is 8.06. The molecule has 0 aliphatic heterocycles. The van der Waals surface area contributed by atoms with Gasteiger partial charge >= 0.3 is 0 Å². The molecule has 0 aliphatic carbocycles. The Morgan fingerprint density at radius 2 is 1.88 bits per heavy atom. The van der Waals surface area contributed by atoms with E-state index < -0.39 is 0 Å². The third-order valence-corrected chi connectivity index (χ3v) is 2.49. The van der Waals surface area contributed by atoms with Crippen molar-refractivity contribution in [3.63, 3.8) is 0 Å². The molecule has 0 saturated heterocycles. The summed E-state index contributed by atoms with van der Waals surface area (Å²) in [5, 5.41) is 0. The maximum absolute atomic E-state index is 4.53. The molecule has 0 unspecified atom stereocenters. The van der Waals surface area contributed by atoms with Crippen molar-refractivity contribution in [2.75, 3.05) is 0 Å². The zero-order chi connectivity index (χ0) is 12.8. The molecule has 88 valence electrons. The van der Waals surface area contributed by atoms with E-state index >= 15 is 0 Å². The molecule has 1 heteroatoms. The van der Waals surface area contributed by atoms with Crippen LogP contribution in [0.4, 0.5) is 0 Å². The molecule has 1 aromatic carbocycles. The fraction of sp³-hybridized carbons (Fsp3) is 0.188. The van der Waals surface area contributed by atoms with Gasteiger partial charge in [-0.05, 0) is 38.0 Å². The van der Waals surface area contributed by atoms with Crippen LogP contribution < -0.4 is 0 Å². The largest absolute Gasteiger partial charge is 0.249 e. The number of rotatable bonds is 4. The fourth-order valence-electron chi connectivity index (χ4n) is 1.45. The Labute approximate surface area is 104 Å². The van der Waals surface area contributed by atoms with Crippen molar-refractivity contribution in [2.45, 2.75) is 20.8 Å². The highest BCUT2D eigenvalue weighted by Gasteiger charge is 2.03. The summed E-state index contributed by atoms with van der Waals surface area (Å²) in [4.78, 5) is 4.53. The van der Waals surface area contributed by atoms with Crippen LogP contribution in [0.1, 0.15) is 25.0 Å². The zero-order valence-electron chi connectivity index (χ0n) is 10.8. The van der Waals surface area contributed by atoms with Crippen LogP contribution in [0.2, 0.25) is 0 Å². The van der Waals surface area contributed by atoms with Crippen molar-refractivity contribution in [2.24, 2.45) is 4.99 Å². The normalized spacial score (nSPS) is 11.8. The number of allylic oxidation sites excluding steroid dienone is 3. The highest BCUT2D eigenvalue weighted by Crippen LogP contribution is 2.13. The Morgan fingerprint density at radius 3 is 2.41 bits per heavy atom. The monoisotopic (exact) mass is 225 g/mol. The average Bonchev–Trinajstić information content (AvgIpc) is 2.29. The van der Waals surface area contributed by atoms with Gasteiger partial charge in [-0.15, -0.1) is 0 Å². The van der Waals surface area contributed by atoms with E-state index in [2.05, 4.69) is 37.2 Å². The van der Waals surface area contributed by atoms with Crippen LogP contribution in [0, 0.1) is 6.92 Å². The summed E-state index contributed by atoms with van der Waals surface area (Å²) in [6.45, 7) is 13.7. The van der Waals surface area contributed by atoms with Gasteiger partial charge < -0.3 is 0 Å². The third kappa shape index (κ3) is 3.56. The second-order valence-corrected chi connectivity index (χ2v) is 4.04. The van der Waals surface area contributed by atoms with Crippen LogP contribution in [-0.2, 0) is 0 Å². The Balaban J connectivity index is 3.24. The van der Waals surface area contributed by atoms with Gasteiger partial charge in [0.05, 0.1) is 11.4 Å². The Hall–Kier alpha value is -1.89. The predicted octanol–water partition coefficient (Wildman–Crippen LogP) is 4.45. The number of aryl methyl sites for hydroxylation is 1. The lowest BCUT2D eigenvalue weighted by Gasteiger charge is -2.07. The standard InChI is InChI=1S/C16H19N/c1-6-9-16(17-14(5)12(2)3)15-11-8-7-10-13(15)4/h6-11H,2,5H2,1,3-4H3/b9-6-,17-16+. The lowest BCUT2D eigenvalue weighted by atomic mass is 10.0. The van der Waals surface area contributed by atoms with Gasteiger partial charge in [-0.2, -0.15) is 0 Å². The molecule has 1 aromatic rings. The van der Waals surface area contributed by atoms with Gasteiger partial charge in [0.15, 0.2) is 0 Å². The molecule has 1 rings (SSSR count). The molecule has 0 amide bonds. The SMILES string of the molecule is C=C(C)C(=C)/N=C(\C=C/C)c1ccccc1C. The summed E-state index contributed by atoms with van der Waals surface area (Å²) in [7, 11) is 0. The number of nitrogens with zero attached hydrogens (tertiary/aromatic N) is 1. The minimum atomic E-state index is 0.723. The van der Waals surface area contributed by atoms with Crippen molar-refractivity contribution in [3.8, 4) is 0 Å². The van der Waals surface area contributed by atoms with Crippen LogP contribution in [-0.4, -0.2) is 5.71 Å². The number of hydrogen-bond donors (Lipinski definition) is 0. The minimum absolute atomic E-state index is 0.723. The maximum atomic E-state index is 4.53. The first-order valence-electron chi connectivity index (χ1n) is 5.68. The van der Waals surface area contributed by atoms with Crippen LogP contribution >= 0.6 is 0 Å². The summed E-state index contributed by atoms with van der Waals surface area (Å²) < 4.78 is 0. The molecule has 0 spiro atoms. The van der Waals surface area contributed by atoms with Gasteiger partial charge in [0, 0.05) is 5.56 Å². The molecule has 0 bridgehead atoms. The van der Waals surface area contributed by atoms with E-state index in [4.69, 9.17) is 0 Å². The maximum Gasteiger partial charge on any atom is 0.0708 e. The predicted molar refractivity (Wildman–Crippen MR) is 76.5 cm³/mol. The molecule has 0 N–H and O–H groups in total. The quantitative estimate of drug-likeness (QED) is 0.530. The highest BCUT2D eigenvalue weighted by atomic mass is 14.8. The molecule has 0 atom stereocenters. The minimum Gasteiger partial charge on any atom is -0.249 e. The van der Waals surface area contributed by atoms with Gasteiger partial charge in [0.2, 0.25) is 0 Å². The van der Waals surface area contributed by atoms with E-state index in [1.165, 1.54) is 5.56 Å². The molecule has 0 aromatic heterocycles. The summed E-state index contributed by atoms with van der Waals surface area (Å²) in [6.07, 6.45) is 3.98. The van der Waals surface area contributed by atoms with Crippen LogP contribution in [0.25, 0.3) is 0 Å². The Kier molecular flexibility index (Phi) is 4.65. The summed E-state index contributed by atoms with van der Waals surface area (Å²) >= 11 is 0. The Bertz CT molecular complexity index is 490. The average molecular weight is 225 g/mol. The number of hydrogen-bond acceptors (Lipinski definition) is 1. The first-order valence-corrected chi connectivity index (χ1v) is 5.68.